The minimum absolute atomic E-state index is 0.120. The Morgan fingerprint density at radius 2 is 1.78 bits per heavy atom. The van der Waals surface area contributed by atoms with Crippen LogP contribution in [0.1, 0.15) is 24.0 Å². The lowest BCUT2D eigenvalue weighted by atomic mass is 10.1. The molecule has 3 rings (SSSR count). The van der Waals surface area contributed by atoms with Gasteiger partial charge in [-0.1, -0.05) is 12.1 Å². The highest BCUT2D eigenvalue weighted by Gasteiger charge is 2.29. The van der Waals surface area contributed by atoms with E-state index < -0.39 is 20.0 Å². The number of sulfonamides is 2. The molecular formula is C18H21BrN2O4S2. The number of hydrogen-bond donors (Lipinski definition) is 1. The van der Waals surface area contributed by atoms with Crippen LogP contribution in [0.3, 0.4) is 0 Å². The topological polar surface area (TPSA) is 83.6 Å². The summed E-state index contributed by atoms with van der Waals surface area (Å²) in [5.74, 6) is 0.120. The SMILES string of the molecule is Cc1cc(S(=O)(=O)Nc2ccccc2Br)c(C)cc1N1CCCCS1(=O)=O. The molecule has 0 amide bonds. The molecule has 0 unspecified atom stereocenters. The molecular weight excluding hydrogens is 452 g/mol. The van der Waals surface area contributed by atoms with Gasteiger partial charge in [-0.3, -0.25) is 9.03 Å². The fourth-order valence-corrected chi connectivity index (χ4v) is 6.74. The van der Waals surface area contributed by atoms with Crippen LogP contribution in [0.5, 0.6) is 0 Å². The third-order valence-electron chi connectivity index (χ3n) is 4.52. The summed E-state index contributed by atoms with van der Waals surface area (Å²) >= 11 is 3.33. The first-order chi connectivity index (χ1) is 12.6. The smallest absolute Gasteiger partial charge is 0.262 e. The Morgan fingerprint density at radius 1 is 1.07 bits per heavy atom. The molecule has 0 aromatic heterocycles. The van der Waals surface area contributed by atoms with E-state index in [1.807, 2.05) is 0 Å². The van der Waals surface area contributed by atoms with Gasteiger partial charge in [0.25, 0.3) is 10.0 Å². The molecule has 1 saturated heterocycles. The average molecular weight is 473 g/mol. The number of nitrogens with zero attached hydrogens (tertiary/aromatic N) is 1. The average Bonchev–Trinajstić information content (AvgIpc) is 2.58. The summed E-state index contributed by atoms with van der Waals surface area (Å²) in [5, 5.41) is 0. The highest BCUT2D eigenvalue weighted by atomic mass is 79.9. The van der Waals surface area contributed by atoms with Crippen molar-refractivity contribution < 1.29 is 16.8 Å². The molecule has 0 spiro atoms. The lowest BCUT2D eigenvalue weighted by Crippen LogP contribution is -2.38. The van der Waals surface area contributed by atoms with Crippen molar-refractivity contribution in [3.05, 3.63) is 52.0 Å². The van der Waals surface area contributed by atoms with Crippen LogP contribution in [0.15, 0.2) is 45.8 Å². The predicted octanol–water partition coefficient (Wildman–Crippen LogP) is 3.80. The standard InChI is InChI=1S/C18H21BrN2O4S2/c1-13-12-18(27(24,25)20-16-8-4-3-7-15(16)19)14(2)11-17(13)21-9-5-6-10-26(21,22)23/h3-4,7-8,11-12,20H,5-6,9-10H2,1-2H3. The second-order valence-corrected chi connectivity index (χ2v) is 11.1. The van der Waals surface area contributed by atoms with Crippen molar-refractivity contribution in [2.45, 2.75) is 31.6 Å². The van der Waals surface area contributed by atoms with Crippen LogP contribution in [-0.4, -0.2) is 29.1 Å². The second kappa shape index (κ2) is 7.44. The van der Waals surface area contributed by atoms with Crippen LogP contribution in [0.2, 0.25) is 0 Å². The van der Waals surface area contributed by atoms with Gasteiger partial charge >= 0.3 is 0 Å². The summed E-state index contributed by atoms with van der Waals surface area (Å²) in [7, 11) is -7.17. The number of halogens is 1. The largest absolute Gasteiger partial charge is 0.278 e. The number of rotatable bonds is 4. The molecule has 1 fully saturated rings. The lowest BCUT2D eigenvalue weighted by Gasteiger charge is -2.30. The molecule has 1 aliphatic heterocycles. The van der Waals surface area contributed by atoms with Crippen LogP contribution in [0.4, 0.5) is 11.4 Å². The molecule has 146 valence electrons. The third kappa shape index (κ3) is 4.14. The fourth-order valence-electron chi connectivity index (χ4n) is 3.14. The molecule has 2 aromatic carbocycles. The van der Waals surface area contributed by atoms with Crippen molar-refractivity contribution in [1.29, 1.82) is 0 Å². The number of hydrogen-bond acceptors (Lipinski definition) is 4. The summed E-state index contributed by atoms with van der Waals surface area (Å²) in [5.41, 5.74) is 2.10. The first kappa shape index (κ1) is 20.2. The van der Waals surface area contributed by atoms with E-state index in [0.717, 1.165) is 6.42 Å². The van der Waals surface area contributed by atoms with Gasteiger partial charge in [0, 0.05) is 11.0 Å². The molecule has 0 saturated carbocycles. The first-order valence-electron chi connectivity index (χ1n) is 8.51. The molecule has 0 atom stereocenters. The first-order valence-corrected chi connectivity index (χ1v) is 12.4. The molecule has 2 aromatic rings. The molecule has 27 heavy (non-hydrogen) atoms. The van der Waals surface area contributed by atoms with Crippen LogP contribution in [-0.2, 0) is 20.0 Å². The van der Waals surface area contributed by atoms with Gasteiger partial charge in [-0.25, -0.2) is 16.8 Å². The van der Waals surface area contributed by atoms with Gasteiger partial charge in [-0.2, -0.15) is 0 Å². The zero-order chi connectivity index (χ0) is 19.8. The van der Waals surface area contributed by atoms with E-state index in [1.54, 1.807) is 44.2 Å². The van der Waals surface area contributed by atoms with Crippen molar-refractivity contribution in [2.75, 3.05) is 21.3 Å². The Hall–Kier alpha value is -1.58. The molecule has 9 heteroatoms. The Morgan fingerprint density at radius 3 is 2.44 bits per heavy atom. The fraction of sp³-hybridized carbons (Fsp3) is 0.333. The van der Waals surface area contributed by atoms with Crippen molar-refractivity contribution in [1.82, 2.24) is 0 Å². The Bertz CT molecular complexity index is 1080. The zero-order valence-electron chi connectivity index (χ0n) is 15.1. The van der Waals surface area contributed by atoms with Crippen molar-refractivity contribution in [2.24, 2.45) is 0 Å². The maximum Gasteiger partial charge on any atom is 0.262 e. The number of aryl methyl sites for hydroxylation is 2. The summed E-state index contributed by atoms with van der Waals surface area (Å²) in [6, 6.07) is 10.1. The monoisotopic (exact) mass is 472 g/mol. The maximum atomic E-state index is 12.9. The van der Waals surface area contributed by atoms with Crippen LogP contribution < -0.4 is 9.03 Å². The summed E-state index contributed by atoms with van der Waals surface area (Å²) in [6.45, 7) is 3.83. The van der Waals surface area contributed by atoms with Crippen molar-refractivity contribution in [3.63, 3.8) is 0 Å². The van der Waals surface area contributed by atoms with E-state index in [0.29, 0.717) is 39.9 Å². The Kier molecular flexibility index (Phi) is 5.56. The zero-order valence-corrected chi connectivity index (χ0v) is 18.3. The summed E-state index contributed by atoms with van der Waals surface area (Å²) in [6.07, 6.45) is 1.44. The van der Waals surface area contributed by atoms with Crippen LogP contribution >= 0.6 is 15.9 Å². The number of nitrogens with one attached hydrogen (secondary N) is 1. The quantitative estimate of drug-likeness (QED) is 0.733. The van der Waals surface area contributed by atoms with Gasteiger partial charge in [0.1, 0.15) is 0 Å². The molecule has 1 heterocycles. The molecule has 0 bridgehead atoms. The Balaban J connectivity index is 2.01. The number of para-hydroxylation sites is 1. The van der Waals surface area contributed by atoms with E-state index >= 15 is 0 Å². The third-order valence-corrected chi connectivity index (χ3v) is 8.57. The van der Waals surface area contributed by atoms with E-state index in [2.05, 4.69) is 20.7 Å². The van der Waals surface area contributed by atoms with Crippen molar-refractivity contribution >= 4 is 47.4 Å². The summed E-state index contributed by atoms with van der Waals surface area (Å²) < 4.78 is 55.2. The van der Waals surface area contributed by atoms with Crippen LogP contribution in [0.25, 0.3) is 0 Å². The normalized spacial score (nSPS) is 16.9. The van der Waals surface area contributed by atoms with E-state index in [9.17, 15) is 16.8 Å². The minimum Gasteiger partial charge on any atom is -0.278 e. The molecule has 0 aliphatic carbocycles. The number of benzene rings is 2. The van der Waals surface area contributed by atoms with E-state index in [-0.39, 0.29) is 10.6 Å². The van der Waals surface area contributed by atoms with Gasteiger partial charge in [-0.05, 0) is 78.0 Å². The Labute approximate surface area is 168 Å². The predicted molar refractivity (Wildman–Crippen MR) is 111 cm³/mol. The lowest BCUT2D eigenvalue weighted by molar-refractivity contribution is 0.574. The molecule has 6 nitrogen and oxygen atoms in total. The van der Waals surface area contributed by atoms with Gasteiger partial charge in [0.05, 0.1) is 22.0 Å². The minimum atomic E-state index is -3.81. The maximum absolute atomic E-state index is 12.9. The van der Waals surface area contributed by atoms with Gasteiger partial charge < -0.3 is 0 Å². The molecule has 1 N–H and O–H groups in total. The molecule has 0 radical (unpaired) electrons. The summed E-state index contributed by atoms with van der Waals surface area (Å²) in [4.78, 5) is 0.133. The van der Waals surface area contributed by atoms with Gasteiger partial charge in [0.2, 0.25) is 10.0 Å². The second-order valence-electron chi connectivity index (χ2n) is 6.58. The van der Waals surface area contributed by atoms with Crippen LogP contribution in [0, 0.1) is 13.8 Å². The molecule has 1 aliphatic rings. The van der Waals surface area contributed by atoms with E-state index in [1.165, 1.54) is 10.4 Å². The van der Waals surface area contributed by atoms with Crippen molar-refractivity contribution in [3.8, 4) is 0 Å². The van der Waals surface area contributed by atoms with E-state index in [4.69, 9.17) is 0 Å². The highest BCUT2D eigenvalue weighted by molar-refractivity contribution is 9.10. The van der Waals surface area contributed by atoms with Gasteiger partial charge in [-0.15, -0.1) is 0 Å². The van der Waals surface area contributed by atoms with Gasteiger partial charge in [0.15, 0.2) is 0 Å². The highest BCUT2D eigenvalue weighted by Crippen LogP contribution is 2.32. The number of anilines is 2.